The van der Waals surface area contributed by atoms with Crippen LogP contribution in [0.15, 0.2) is 4.42 Å². The highest BCUT2D eigenvalue weighted by Gasteiger charge is 2.30. The summed E-state index contributed by atoms with van der Waals surface area (Å²) < 4.78 is 5.21. The van der Waals surface area contributed by atoms with E-state index in [1.54, 1.807) is 11.8 Å². The van der Waals surface area contributed by atoms with Gasteiger partial charge in [-0.15, -0.1) is 10.2 Å². The Hall–Kier alpha value is -2.12. The van der Waals surface area contributed by atoms with E-state index in [1.165, 1.54) is 0 Å². The maximum Gasteiger partial charge on any atom is 0.317 e. The molecule has 2 heterocycles. The summed E-state index contributed by atoms with van der Waals surface area (Å²) in [6.45, 7) is 3.20. The summed E-state index contributed by atoms with van der Waals surface area (Å²) >= 11 is 0. The summed E-state index contributed by atoms with van der Waals surface area (Å²) in [4.78, 5) is 25.8. The molecule has 0 atom stereocenters. The number of rotatable bonds is 4. The molecule has 8 heteroatoms. The highest BCUT2D eigenvalue weighted by molar-refractivity contribution is 5.79. The van der Waals surface area contributed by atoms with E-state index < -0.39 is 0 Å². The highest BCUT2D eigenvalue weighted by Crippen LogP contribution is 2.21. The third kappa shape index (κ3) is 3.75. The van der Waals surface area contributed by atoms with Crippen molar-refractivity contribution in [2.24, 2.45) is 5.92 Å². The fourth-order valence-electron chi connectivity index (χ4n) is 2.55. The van der Waals surface area contributed by atoms with Gasteiger partial charge in [0.2, 0.25) is 17.7 Å². The van der Waals surface area contributed by atoms with Crippen LogP contribution in [0.25, 0.3) is 0 Å². The van der Waals surface area contributed by atoms with Gasteiger partial charge in [-0.1, -0.05) is 0 Å². The molecule has 120 valence electrons. The number of nitrogens with one attached hydrogen (secondary N) is 2. The Morgan fingerprint density at radius 2 is 1.95 bits per heavy atom. The van der Waals surface area contributed by atoms with E-state index >= 15 is 0 Å². The average molecular weight is 307 g/mol. The molecule has 0 bridgehead atoms. The van der Waals surface area contributed by atoms with Crippen LogP contribution in [-0.2, 0) is 11.3 Å². The molecule has 1 saturated heterocycles. The average Bonchev–Trinajstić information content (AvgIpc) is 3.24. The Kier molecular flexibility index (Phi) is 4.26. The summed E-state index contributed by atoms with van der Waals surface area (Å²) in [7, 11) is 0. The molecule has 0 unspecified atom stereocenters. The Labute approximate surface area is 128 Å². The smallest absolute Gasteiger partial charge is 0.317 e. The van der Waals surface area contributed by atoms with Crippen molar-refractivity contribution >= 4 is 11.9 Å². The first-order chi connectivity index (χ1) is 10.6. The minimum absolute atomic E-state index is 0.00249. The van der Waals surface area contributed by atoms with Crippen LogP contribution in [-0.4, -0.2) is 46.2 Å². The molecule has 8 nitrogen and oxygen atoms in total. The van der Waals surface area contributed by atoms with E-state index in [4.69, 9.17) is 4.42 Å². The molecule has 2 aliphatic rings. The van der Waals surface area contributed by atoms with Crippen LogP contribution in [0.5, 0.6) is 0 Å². The predicted molar refractivity (Wildman–Crippen MR) is 76.7 cm³/mol. The molecular formula is C14H21N5O3. The largest absolute Gasteiger partial charge is 0.424 e. The number of hydrogen-bond acceptors (Lipinski definition) is 5. The molecule has 22 heavy (non-hydrogen) atoms. The number of nitrogens with zero attached hydrogens (tertiary/aromatic N) is 3. The lowest BCUT2D eigenvalue weighted by Crippen LogP contribution is -2.47. The van der Waals surface area contributed by atoms with Crippen molar-refractivity contribution in [2.75, 3.05) is 13.1 Å². The maximum absolute atomic E-state index is 12.1. The van der Waals surface area contributed by atoms with Crippen LogP contribution in [0.3, 0.4) is 0 Å². The van der Waals surface area contributed by atoms with Gasteiger partial charge >= 0.3 is 6.03 Å². The number of piperidine rings is 1. The van der Waals surface area contributed by atoms with Crippen molar-refractivity contribution in [1.82, 2.24) is 25.7 Å². The second kappa shape index (κ2) is 6.33. The lowest BCUT2D eigenvalue weighted by Gasteiger charge is -2.31. The van der Waals surface area contributed by atoms with Crippen molar-refractivity contribution in [1.29, 1.82) is 0 Å². The van der Waals surface area contributed by atoms with E-state index in [9.17, 15) is 9.59 Å². The van der Waals surface area contributed by atoms with E-state index in [2.05, 4.69) is 20.8 Å². The van der Waals surface area contributed by atoms with Gasteiger partial charge in [-0.05, 0) is 25.7 Å². The number of likely N-dealkylation sites (tertiary alicyclic amines) is 1. The van der Waals surface area contributed by atoms with Crippen molar-refractivity contribution in [3.8, 4) is 0 Å². The zero-order chi connectivity index (χ0) is 15.5. The second-order valence-electron chi connectivity index (χ2n) is 5.92. The van der Waals surface area contributed by atoms with E-state index in [1.807, 2.05) is 0 Å². The lowest BCUT2D eigenvalue weighted by molar-refractivity contribution is -0.126. The summed E-state index contributed by atoms with van der Waals surface area (Å²) in [5.74, 6) is 0.818. The summed E-state index contributed by atoms with van der Waals surface area (Å²) in [5, 5.41) is 13.3. The number of amides is 3. The zero-order valence-corrected chi connectivity index (χ0v) is 12.7. The van der Waals surface area contributed by atoms with Crippen molar-refractivity contribution in [3.63, 3.8) is 0 Å². The van der Waals surface area contributed by atoms with Gasteiger partial charge in [0.25, 0.3) is 0 Å². The minimum atomic E-state index is -0.0611. The first kappa shape index (κ1) is 14.8. The first-order valence-electron chi connectivity index (χ1n) is 7.74. The van der Waals surface area contributed by atoms with Crippen molar-refractivity contribution in [3.05, 3.63) is 11.8 Å². The molecular weight excluding hydrogens is 286 g/mol. The molecule has 3 amide bonds. The number of aromatic nitrogens is 2. The Morgan fingerprint density at radius 1 is 1.23 bits per heavy atom. The van der Waals surface area contributed by atoms with Gasteiger partial charge in [0.1, 0.15) is 0 Å². The predicted octanol–water partition coefficient (Wildman–Crippen LogP) is 0.578. The van der Waals surface area contributed by atoms with Crippen LogP contribution in [0, 0.1) is 12.8 Å². The zero-order valence-electron chi connectivity index (χ0n) is 12.7. The third-order valence-electron chi connectivity index (χ3n) is 4.04. The number of aryl methyl sites for hydroxylation is 1. The molecule has 1 aromatic heterocycles. The molecule has 1 aromatic rings. The SMILES string of the molecule is Cc1nnc(CNC(=O)C2CCN(C(=O)NC3CC3)CC2)o1. The number of carbonyl (C=O) groups excluding carboxylic acids is 2. The van der Waals surface area contributed by atoms with E-state index in [0.717, 1.165) is 12.8 Å². The molecule has 3 rings (SSSR count). The van der Waals surface area contributed by atoms with Crippen LogP contribution in [0.1, 0.15) is 37.5 Å². The standard InChI is InChI=1S/C14H21N5O3/c1-9-17-18-12(22-9)8-15-13(20)10-4-6-19(7-5-10)14(21)16-11-2-3-11/h10-11H,2-8H2,1H3,(H,15,20)(H,16,21). The normalized spacial score (nSPS) is 19.0. The molecule has 0 aromatic carbocycles. The fourth-order valence-corrected chi connectivity index (χ4v) is 2.55. The molecule has 2 N–H and O–H groups in total. The van der Waals surface area contributed by atoms with Gasteiger partial charge < -0.3 is 20.0 Å². The van der Waals surface area contributed by atoms with Gasteiger partial charge in [0, 0.05) is 32.0 Å². The van der Waals surface area contributed by atoms with Gasteiger partial charge in [-0.2, -0.15) is 0 Å². The Morgan fingerprint density at radius 3 is 2.55 bits per heavy atom. The van der Waals surface area contributed by atoms with Crippen molar-refractivity contribution < 1.29 is 14.0 Å². The molecule has 1 aliphatic carbocycles. The molecule has 0 spiro atoms. The topological polar surface area (TPSA) is 100 Å². The Balaban J connectivity index is 1.40. The minimum Gasteiger partial charge on any atom is -0.424 e. The summed E-state index contributed by atoms with van der Waals surface area (Å²) in [6, 6.07) is 0.370. The molecule has 1 aliphatic heterocycles. The van der Waals surface area contributed by atoms with Gasteiger partial charge in [-0.3, -0.25) is 4.79 Å². The monoisotopic (exact) mass is 307 g/mol. The van der Waals surface area contributed by atoms with E-state index in [0.29, 0.717) is 43.8 Å². The van der Waals surface area contributed by atoms with Crippen LogP contribution >= 0.6 is 0 Å². The van der Waals surface area contributed by atoms with Crippen LogP contribution in [0.4, 0.5) is 4.79 Å². The van der Waals surface area contributed by atoms with Crippen molar-refractivity contribution in [2.45, 2.75) is 45.2 Å². The molecule has 0 radical (unpaired) electrons. The molecule has 2 fully saturated rings. The molecule has 1 saturated carbocycles. The number of hydrogen-bond donors (Lipinski definition) is 2. The second-order valence-corrected chi connectivity index (χ2v) is 5.92. The third-order valence-corrected chi connectivity index (χ3v) is 4.04. The maximum atomic E-state index is 12.1. The van der Waals surface area contributed by atoms with Crippen LogP contribution in [0.2, 0.25) is 0 Å². The first-order valence-corrected chi connectivity index (χ1v) is 7.74. The number of carbonyl (C=O) groups is 2. The van der Waals surface area contributed by atoms with Gasteiger partial charge in [0.05, 0.1) is 6.54 Å². The Bertz CT molecular complexity index is 546. The van der Waals surface area contributed by atoms with E-state index in [-0.39, 0.29) is 24.4 Å². The van der Waals surface area contributed by atoms with Crippen LogP contribution < -0.4 is 10.6 Å². The lowest BCUT2D eigenvalue weighted by atomic mass is 9.96. The summed E-state index contributed by atoms with van der Waals surface area (Å²) in [5.41, 5.74) is 0. The highest BCUT2D eigenvalue weighted by atomic mass is 16.4. The number of urea groups is 1. The fraction of sp³-hybridized carbons (Fsp3) is 0.714. The quantitative estimate of drug-likeness (QED) is 0.847. The summed E-state index contributed by atoms with van der Waals surface area (Å²) in [6.07, 6.45) is 3.54. The van der Waals surface area contributed by atoms with Gasteiger partial charge in [-0.25, -0.2) is 4.79 Å². The van der Waals surface area contributed by atoms with Gasteiger partial charge in [0.15, 0.2) is 0 Å².